The van der Waals surface area contributed by atoms with Crippen molar-refractivity contribution in [2.45, 2.75) is 13.8 Å². The molecule has 7 heteroatoms. The number of amides is 1. The Morgan fingerprint density at radius 2 is 2.11 bits per heavy atom. The van der Waals surface area contributed by atoms with Gasteiger partial charge < -0.3 is 14.4 Å². The van der Waals surface area contributed by atoms with E-state index in [-0.39, 0.29) is 5.91 Å². The van der Waals surface area contributed by atoms with Gasteiger partial charge in [0.15, 0.2) is 5.76 Å². The second-order valence-corrected chi connectivity index (χ2v) is 4.65. The number of anilines is 1. The van der Waals surface area contributed by atoms with E-state index in [1.54, 1.807) is 20.9 Å². The third-order valence-corrected chi connectivity index (χ3v) is 3.46. The molecule has 2 rings (SSSR count). The molecule has 2 heterocycles. The third-order valence-electron chi connectivity index (χ3n) is 2.62. The Morgan fingerprint density at radius 1 is 1.44 bits per heavy atom. The number of carbonyl (C=O) groups excluding carboxylic acids is 1. The van der Waals surface area contributed by atoms with E-state index < -0.39 is 0 Å². The fourth-order valence-corrected chi connectivity index (χ4v) is 1.97. The van der Waals surface area contributed by atoms with E-state index in [1.165, 1.54) is 10.6 Å². The molecule has 0 aliphatic rings. The Kier molecular flexibility index (Phi) is 3.36. The Morgan fingerprint density at radius 3 is 2.56 bits per heavy atom. The summed E-state index contributed by atoms with van der Waals surface area (Å²) < 4.78 is 6.48. The number of nitrogens with one attached hydrogen (secondary N) is 1. The van der Waals surface area contributed by atoms with Crippen molar-refractivity contribution < 1.29 is 9.32 Å². The molecular formula is C11H11Cl2N3O2. The van der Waals surface area contributed by atoms with Crippen LogP contribution in [0.5, 0.6) is 0 Å². The maximum Gasteiger partial charge on any atom is 0.272 e. The summed E-state index contributed by atoms with van der Waals surface area (Å²) in [4.78, 5) is 12.1. The Hall–Kier alpha value is -1.46. The molecule has 0 aliphatic heterocycles. The molecule has 0 fully saturated rings. The van der Waals surface area contributed by atoms with Gasteiger partial charge in [-0.15, -0.1) is 0 Å². The molecule has 0 bridgehead atoms. The van der Waals surface area contributed by atoms with Gasteiger partial charge in [0.1, 0.15) is 22.2 Å². The minimum Gasteiger partial charge on any atom is -0.359 e. The van der Waals surface area contributed by atoms with Gasteiger partial charge in [0.25, 0.3) is 5.91 Å². The largest absolute Gasteiger partial charge is 0.359 e. The van der Waals surface area contributed by atoms with Crippen LogP contribution >= 0.6 is 23.2 Å². The Bertz CT molecular complexity index is 597. The summed E-state index contributed by atoms with van der Waals surface area (Å²) in [5, 5.41) is 7.14. The normalized spacial score (nSPS) is 10.7. The summed E-state index contributed by atoms with van der Waals surface area (Å²) in [7, 11) is 1.66. The summed E-state index contributed by atoms with van der Waals surface area (Å²) in [5.41, 5.74) is 1.55. The van der Waals surface area contributed by atoms with Crippen molar-refractivity contribution in [3.05, 3.63) is 33.4 Å². The van der Waals surface area contributed by atoms with E-state index in [0.717, 1.165) is 0 Å². The lowest BCUT2D eigenvalue weighted by Crippen LogP contribution is -2.16. The number of carbonyl (C=O) groups is 1. The van der Waals surface area contributed by atoms with Crippen molar-refractivity contribution in [2.24, 2.45) is 7.05 Å². The number of hydrogen-bond acceptors (Lipinski definition) is 3. The van der Waals surface area contributed by atoms with Gasteiger partial charge in [0, 0.05) is 7.05 Å². The van der Waals surface area contributed by atoms with E-state index in [4.69, 9.17) is 27.7 Å². The molecule has 5 nitrogen and oxygen atoms in total. The lowest BCUT2D eigenvalue weighted by atomic mass is 10.3. The molecule has 0 aromatic carbocycles. The highest BCUT2D eigenvalue weighted by Gasteiger charge is 2.18. The first-order chi connectivity index (χ1) is 8.41. The smallest absolute Gasteiger partial charge is 0.272 e. The van der Waals surface area contributed by atoms with Gasteiger partial charge in [-0.3, -0.25) is 4.79 Å². The van der Waals surface area contributed by atoms with Gasteiger partial charge in [-0.25, -0.2) is 0 Å². The summed E-state index contributed by atoms with van der Waals surface area (Å²) in [6, 6.07) is 1.51. The van der Waals surface area contributed by atoms with E-state index >= 15 is 0 Å². The summed E-state index contributed by atoms with van der Waals surface area (Å²) in [5.74, 6) is 0.230. The summed E-state index contributed by atoms with van der Waals surface area (Å²) in [6.07, 6.45) is 0. The average Bonchev–Trinajstić information content (AvgIpc) is 2.77. The standard InChI is InChI=1S/C11H11Cl2N3O2/c1-5-9(6(2)18-15-5)14-11(17)8-4-7(12)10(13)16(8)3/h4H,1-3H3,(H,14,17). The van der Waals surface area contributed by atoms with Crippen molar-refractivity contribution in [3.8, 4) is 0 Å². The summed E-state index contributed by atoms with van der Waals surface area (Å²) in [6.45, 7) is 3.47. The SMILES string of the molecule is Cc1noc(C)c1NC(=O)c1cc(Cl)c(Cl)n1C. The number of halogens is 2. The molecule has 1 N–H and O–H groups in total. The molecule has 0 spiro atoms. The highest BCUT2D eigenvalue weighted by Crippen LogP contribution is 2.26. The molecule has 18 heavy (non-hydrogen) atoms. The van der Waals surface area contributed by atoms with Crippen molar-refractivity contribution >= 4 is 34.8 Å². The highest BCUT2D eigenvalue weighted by atomic mass is 35.5. The Labute approximate surface area is 114 Å². The molecule has 0 saturated carbocycles. The van der Waals surface area contributed by atoms with E-state index in [0.29, 0.717) is 33.0 Å². The van der Waals surface area contributed by atoms with Gasteiger partial charge in [-0.1, -0.05) is 28.4 Å². The third kappa shape index (κ3) is 2.11. The van der Waals surface area contributed by atoms with Gasteiger partial charge in [-0.05, 0) is 19.9 Å². The van der Waals surface area contributed by atoms with Gasteiger partial charge >= 0.3 is 0 Å². The average molecular weight is 288 g/mol. The van der Waals surface area contributed by atoms with Crippen LogP contribution in [0.3, 0.4) is 0 Å². The van der Waals surface area contributed by atoms with E-state index in [9.17, 15) is 4.79 Å². The van der Waals surface area contributed by atoms with Gasteiger partial charge in [-0.2, -0.15) is 0 Å². The predicted molar refractivity (Wildman–Crippen MR) is 69.4 cm³/mol. The zero-order valence-corrected chi connectivity index (χ0v) is 11.6. The van der Waals surface area contributed by atoms with Crippen LogP contribution in [0, 0.1) is 13.8 Å². The summed E-state index contributed by atoms with van der Waals surface area (Å²) >= 11 is 11.8. The predicted octanol–water partition coefficient (Wildman–Crippen LogP) is 3.19. The quantitative estimate of drug-likeness (QED) is 0.923. The van der Waals surface area contributed by atoms with Crippen LogP contribution in [0.2, 0.25) is 10.2 Å². The van der Waals surface area contributed by atoms with Crippen LogP contribution in [0.4, 0.5) is 5.69 Å². The second-order valence-electron chi connectivity index (χ2n) is 3.88. The molecular weight excluding hydrogens is 277 g/mol. The molecule has 0 aliphatic carbocycles. The topological polar surface area (TPSA) is 60.1 Å². The molecule has 2 aromatic heterocycles. The number of aryl methyl sites for hydroxylation is 2. The van der Waals surface area contributed by atoms with E-state index in [1.807, 2.05) is 0 Å². The first kappa shape index (κ1) is 13.0. The van der Waals surface area contributed by atoms with Crippen LogP contribution in [0.1, 0.15) is 21.9 Å². The number of rotatable bonds is 2. The lowest BCUT2D eigenvalue weighted by Gasteiger charge is -2.05. The van der Waals surface area contributed by atoms with Crippen LogP contribution in [-0.4, -0.2) is 15.6 Å². The first-order valence-electron chi connectivity index (χ1n) is 5.16. The zero-order chi connectivity index (χ0) is 13.4. The fraction of sp³-hybridized carbons (Fsp3) is 0.273. The zero-order valence-electron chi connectivity index (χ0n) is 10.0. The minimum absolute atomic E-state index is 0.319. The number of aromatic nitrogens is 2. The molecule has 96 valence electrons. The van der Waals surface area contributed by atoms with E-state index in [2.05, 4.69) is 10.5 Å². The molecule has 0 atom stereocenters. The van der Waals surface area contributed by atoms with Crippen LogP contribution in [-0.2, 0) is 7.05 Å². The maximum atomic E-state index is 12.1. The van der Waals surface area contributed by atoms with Crippen molar-refractivity contribution in [2.75, 3.05) is 5.32 Å². The molecule has 0 radical (unpaired) electrons. The monoisotopic (exact) mass is 287 g/mol. The van der Waals surface area contributed by atoms with Crippen molar-refractivity contribution in [3.63, 3.8) is 0 Å². The second kappa shape index (κ2) is 4.66. The molecule has 1 amide bonds. The molecule has 0 saturated heterocycles. The van der Waals surface area contributed by atoms with Crippen LogP contribution in [0.25, 0.3) is 0 Å². The van der Waals surface area contributed by atoms with Crippen molar-refractivity contribution in [1.82, 2.24) is 9.72 Å². The van der Waals surface area contributed by atoms with Gasteiger partial charge in [0.2, 0.25) is 0 Å². The van der Waals surface area contributed by atoms with Crippen molar-refractivity contribution in [1.29, 1.82) is 0 Å². The minimum atomic E-state index is -0.319. The molecule has 0 unspecified atom stereocenters. The lowest BCUT2D eigenvalue weighted by molar-refractivity contribution is 0.101. The number of nitrogens with zero attached hydrogens (tertiary/aromatic N) is 2. The Balaban J connectivity index is 2.31. The maximum absolute atomic E-state index is 12.1. The molecule has 2 aromatic rings. The fourth-order valence-electron chi connectivity index (χ4n) is 1.60. The van der Waals surface area contributed by atoms with Crippen LogP contribution in [0.15, 0.2) is 10.6 Å². The van der Waals surface area contributed by atoms with Crippen LogP contribution < -0.4 is 5.32 Å². The number of hydrogen-bond donors (Lipinski definition) is 1. The first-order valence-corrected chi connectivity index (χ1v) is 5.92. The highest BCUT2D eigenvalue weighted by molar-refractivity contribution is 6.42. The van der Waals surface area contributed by atoms with Gasteiger partial charge in [0.05, 0.1) is 5.02 Å².